The Labute approximate surface area is 71.0 Å². The van der Waals surface area contributed by atoms with Crippen molar-refractivity contribution in [2.45, 2.75) is 0 Å². The highest BCUT2D eigenvalue weighted by Gasteiger charge is 2.01. The zero-order valence-electron chi connectivity index (χ0n) is 6.59. The standard InChI is InChI=1S/C9H9N3/c1-2-4-9(5-3-1)12-7-6-10-11-8-12/h1-7H,8H2. The van der Waals surface area contributed by atoms with Gasteiger partial charge in [0.15, 0.2) is 0 Å². The summed E-state index contributed by atoms with van der Waals surface area (Å²) in [6.07, 6.45) is 3.61. The van der Waals surface area contributed by atoms with Gasteiger partial charge in [-0.1, -0.05) is 18.2 Å². The van der Waals surface area contributed by atoms with E-state index in [4.69, 9.17) is 0 Å². The van der Waals surface area contributed by atoms with Gasteiger partial charge in [-0.2, -0.15) is 10.2 Å². The van der Waals surface area contributed by atoms with Crippen LogP contribution in [0.3, 0.4) is 0 Å². The van der Waals surface area contributed by atoms with Crippen molar-refractivity contribution in [3.05, 3.63) is 42.7 Å². The topological polar surface area (TPSA) is 28.0 Å². The average molecular weight is 159 g/mol. The van der Waals surface area contributed by atoms with Crippen LogP contribution in [0.15, 0.2) is 53.0 Å². The third-order valence-electron chi connectivity index (χ3n) is 1.70. The molecule has 1 aromatic rings. The van der Waals surface area contributed by atoms with Crippen LogP contribution in [0.25, 0.3) is 0 Å². The highest BCUT2D eigenvalue weighted by Crippen LogP contribution is 2.14. The molecule has 0 N–H and O–H groups in total. The Morgan fingerprint density at radius 2 is 2.00 bits per heavy atom. The van der Waals surface area contributed by atoms with Gasteiger partial charge >= 0.3 is 0 Å². The van der Waals surface area contributed by atoms with E-state index in [9.17, 15) is 0 Å². The summed E-state index contributed by atoms with van der Waals surface area (Å²) in [7, 11) is 0. The van der Waals surface area contributed by atoms with E-state index in [2.05, 4.69) is 10.2 Å². The second kappa shape index (κ2) is 3.17. The summed E-state index contributed by atoms with van der Waals surface area (Å²) < 4.78 is 0. The van der Waals surface area contributed by atoms with E-state index in [1.165, 1.54) is 0 Å². The molecule has 12 heavy (non-hydrogen) atoms. The quantitative estimate of drug-likeness (QED) is 0.618. The lowest BCUT2D eigenvalue weighted by molar-refractivity contribution is 0.873. The maximum Gasteiger partial charge on any atom is 0.135 e. The molecule has 0 bridgehead atoms. The van der Waals surface area contributed by atoms with Gasteiger partial charge in [-0.3, -0.25) is 0 Å². The van der Waals surface area contributed by atoms with Gasteiger partial charge in [0.05, 0.1) is 6.20 Å². The molecule has 1 heterocycles. The minimum atomic E-state index is 0.612. The molecule has 0 saturated heterocycles. The molecule has 0 atom stereocenters. The van der Waals surface area contributed by atoms with Crippen LogP contribution in [-0.2, 0) is 0 Å². The second-order valence-electron chi connectivity index (χ2n) is 2.50. The van der Waals surface area contributed by atoms with Crippen LogP contribution in [0.2, 0.25) is 0 Å². The van der Waals surface area contributed by atoms with Gasteiger partial charge < -0.3 is 4.90 Å². The van der Waals surface area contributed by atoms with Crippen LogP contribution in [0, 0.1) is 0 Å². The third-order valence-corrected chi connectivity index (χ3v) is 1.70. The third kappa shape index (κ3) is 1.34. The van der Waals surface area contributed by atoms with Crippen LogP contribution in [0.4, 0.5) is 5.69 Å². The lowest BCUT2D eigenvalue weighted by Crippen LogP contribution is -2.16. The molecule has 0 spiro atoms. The summed E-state index contributed by atoms with van der Waals surface area (Å²) >= 11 is 0. The first kappa shape index (κ1) is 7.03. The fourth-order valence-electron chi connectivity index (χ4n) is 1.10. The van der Waals surface area contributed by atoms with Crippen molar-refractivity contribution in [1.82, 2.24) is 0 Å². The van der Waals surface area contributed by atoms with Gasteiger partial charge in [-0.15, -0.1) is 0 Å². The first-order valence-electron chi connectivity index (χ1n) is 3.82. The largest absolute Gasteiger partial charge is 0.325 e. The van der Waals surface area contributed by atoms with Crippen molar-refractivity contribution in [2.75, 3.05) is 11.6 Å². The lowest BCUT2D eigenvalue weighted by Gasteiger charge is -2.18. The van der Waals surface area contributed by atoms with Crippen molar-refractivity contribution >= 4 is 5.69 Å². The zero-order chi connectivity index (χ0) is 8.23. The Morgan fingerprint density at radius 1 is 1.17 bits per heavy atom. The van der Waals surface area contributed by atoms with Crippen molar-refractivity contribution in [2.24, 2.45) is 10.2 Å². The number of hydrogen-bond donors (Lipinski definition) is 0. The van der Waals surface area contributed by atoms with E-state index in [0.29, 0.717) is 6.67 Å². The van der Waals surface area contributed by atoms with Gasteiger partial charge in [0.1, 0.15) is 6.67 Å². The summed E-state index contributed by atoms with van der Waals surface area (Å²) in [6.45, 7) is 0.612. The molecule has 1 aromatic carbocycles. The maximum atomic E-state index is 3.90. The summed E-state index contributed by atoms with van der Waals surface area (Å²) in [6, 6.07) is 10.1. The van der Waals surface area contributed by atoms with Gasteiger partial charge in [0.2, 0.25) is 0 Å². The molecular weight excluding hydrogens is 150 g/mol. The van der Waals surface area contributed by atoms with Gasteiger partial charge in [-0.25, -0.2) is 0 Å². The van der Waals surface area contributed by atoms with Crippen LogP contribution in [-0.4, -0.2) is 6.67 Å². The molecule has 0 aliphatic carbocycles. The van der Waals surface area contributed by atoms with E-state index < -0.39 is 0 Å². The van der Waals surface area contributed by atoms with E-state index >= 15 is 0 Å². The summed E-state index contributed by atoms with van der Waals surface area (Å²) in [5.74, 6) is 0. The van der Waals surface area contributed by atoms with E-state index in [-0.39, 0.29) is 0 Å². The molecule has 0 radical (unpaired) electrons. The predicted octanol–water partition coefficient (Wildman–Crippen LogP) is 2.39. The highest BCUT2D eigenvalue weighted by molar-refractivity contribution is 5.48. The lowest BCUT2D eigenvalue weighted by atomic mass is 10.3. The number of para-hydroxylation sites is 1. The molecule has 3 nitrogen and oxygen atoms in total. The number of anilines is 1. The van der Waals surface area contributed by atoms with E-state index in [1.54, 1.807) is 6.20 Å². The Hall–Kier alpha value is -1.64. The number of nitrogens with zero attached hydrogens (tertiary/aromatic N) is 3. The first-order chi connectivity index (χ1) is 5.97. The van der Waals surface area contributed by atoms with Crippen LogP contribution in [0.5, 0.6) is 0 Å². The number of benzene rings is 1. The molecule has 1 aliphatic heterocycles. The normalized spacial score (nSPS) is 15.2. The molecule has 0 saturated carbocycles. The monoisotopic (exact) mass is 159 g/mol. The zero-order valence-corrected chi connectivity index (χ0v) is 6.59. The average Bonchev–Trinajstić information content (AvgIpc) is 2.21. The smallest absolute Gasteiger partial charge is 0.135 e. The fourth-order valence-corrected chi connectivity index (χ4v) is 1.10. The van der Waals surface area contributed by atoms with Crippen molar-refractivity contribution < 1.29 is 0 Å². The number of azo groups is 1. The van der Waals surface area contributed by atoms with Crippen LogP contribution in [0.1, 0.15) is 0 Å². The molecule has 0 amide bonds. The molecule has 2 rings (SSSR count). The van der Waals surface area contributed by atoms with Crippen molar-refractivity contribution in [3.8, 4) is 0 Å². The molecular formula is C9H9N3. The molecule has 60 valence electrons. The van der Waals surface area contributed by atoms with Crippen molar-refractivity contribution in [1.29, 1.82) is 0 Å². The molecule has 3 heteroatoms. The van der Waals surface area contributed by atoms with Gasteiger partial charge in [0, 0.05) is 11.9 Å². The molecule has 0 unspecified atom stereocenters. The highest BCUT2D eigenvalue weighted by atomic mass is 15.3. The van der Waals surface area contributed by atoms with Gasteiger partial charge in [-0.05, 0) is 12.1 Å². The Bertz CT molecular complexity index is 303. The summed E-state index contributed by atoms with van der Waals surface area (Å²) in [5, 5.41) is 7.65. The maximum absolute atomic E-state index is 3.90. The number of rotatable bonds is 1. The minimum absolute atomic E-state index is 0.612. The Kier molecular flexibility index (Phi) is 1.86. The first-order valence-corrected chi connectivity index (χ1v) is 3.82. The van der Waals surface area contributed by atoms with E-state index in [1.807, 2.05) is 41.4 Å². The van der Waals surface area contributed by atoms with Crippen LogP contribution >= 0.6 is 0 Å². The SMILES string of the molecule is C1=CN(c2ccccc2)CN=N1. The minimum Gasteiger partial charge on any atom is -0.325 e. The molecule has 1 aliphatic rings. The Morgan fingerprint density at radius 3 is 2.67 bits per heavy atom. The Balaban J connectivity index is 2.21. The van der Waals surface area contributed by atoms with E-state index in [0.717, 1.165) is 5.69 Å². The summed E-state index contributed by atoms with van der Waals surface area (Å²) in [4.78, 5) is 2.03. The van der Waals surface area contributed by atoms with Crippen molar-refractivity contribution in [3.63, 3.8) is 0 Å². The second-order valence-corrected chi connectivity index (χ2v) is 2.50. The molecule has 0 aromatic heterocycles. The summed E-state index contributed by atoms with van der Waals surface area (Å²) in [5.41, 5.74) is 1.15. The predicted molar refractivity (Wildman–Crippen MR) is 47.8 cm³/mol. The fraction of sp³-hybridized carbons (Fsp3) is 0.111. The van der Waals surface area contributed by atoms with Gasteiger partial charge in [0.25, 0.3) is 0 Å². The molecule has 0 fully saturated rings. The van der Waals surface area contributed by atoms with Crippen LogP contribution < -0.4 is 4.90 Å². The number of hydrogen-bond acceptors (Lipinski definition) is 3.